The van der Waals surface area contributed by atoms with Crippen molar-refractivity contribution in [1.29, 1.82) is 0 Å². The second-order valence-corrected chi connectivity index (χ2v) is 32.7. The highest BCUT2D eigenvalue weighted by Crippen LogP contribution is 2.34. The zero-order valence-electron chi connectivity index (χ0n) is 70.2. The molecule has 31 nitrogen and oxygen atoms in total. The molecule has 10 N–H and O–H groups in total. The van der Waals surface area contributed by atoms with Gasteiger partial charge in [-0.05, 0) is 235 Å². The zero-order valence-corrected chi connectivity index (χ0v) is 70.2. The van der Waals surface area contributed by atoms with Crippen LogP contribution in [0, 0.1) is 0 Å². The van der Waals surface area contributed by atoms with Gasteiger partial charge in [0, 0.05) is 171 Å². The average molecular weight is 1640 g/mol. The van der Waals surface area contributed by atoms with E-state index in [9.17, 15) is 33.9 Å². The summed E-state index contributed by atoms with van der Waals surface area (Å²) in [5, 5.41) is 41.8. The number of hydrogen-bond donors (Lipinski definition) is 9. The van der Waals surface area contributed by atoms with Gasteiger partial charge in [0.2, 0.25) is 23.7 Å². The molecule has 0 radical (unpaired) electrons. The van der Waals surface area contributed by atoms with Crippen molar-refractivity contribution in [3.05, 3.63) is 169 Å². The molecule has 1 aliphatic carbocycles. The van der Waals surface area contributed by atoms with Crippen LogP contribution in [0.15, 0.2) is 142 Å². The van der Waals surface area contributed by atoms with Crippen molar-refractivity contribution in [2.45, 2.75) is 192 Å². The number of anilines is 9. The Morgan fingerprint density at radius 3 is 1.48 bits per heavy atom. The quantitative estimate of drug-likeness (QED) is 0.0240. The van der Waals surface area contributed by atoms with Gasteiger partial charge in [0.05, 0.1) is 18.7 Å². The molecule has 5 unspecified atom stereocenters. The second kappa shape index (κ2) is 40.3. The fourth-order valence-corrected chi connectivity index (χ4v) is 17.0. The summed E-state index contributed by atoms with van der Waals surface area (Å²) in [5.41, 5.74) is 15.4. The third kappa shape index (κ3) is 21.2. The first kappa shape index (κ1) is 86.0. The molecule has 120 heavy (non-hydrogen) atoms. The van der Waals surface area contributed by atoms with Crippen molar-refractivity contribution >= 4 is 110 Å². The smallest absolute Gasteiger partial charge is 0.253 e. The number of nitrogens with one attached hydrogen (secondary N) is 7. The van der Waals surface area contributed by atoms with Crippen LogP contribution in [0.1, 0.15) is 179 Å². The van der Waals surface area contributed by atoms with Crippen molar-refractivity contribution in [2.24, 2.45) is 5.73 Å². The number of aliphatic hydroxyl groups is 1. The summed E-state index contributed by atoms with van der Waals surface area (Å²) < 4.78 is 5.84. The molecule has 636 valence electrons. The Balaban J connectivity index is 0.000000156. The van der Waals surface area contributed by atoms with Crippen LogP contribution >= 0.6 is 0 Å². The van der Waals surface area contributed by atoms with Gasteiger partial charge in [-0.25, -0.2) is 15.0 Å². The highest BCUT2D eigenvalue weighted by Gasteiger charge is 2.33. The molecule has 5 aliphatic heterocycles. The minimum absolute atomic E-state index is 0.00333. The van der Waals surface area contributed by atoms with Gasteiger partial charge in [-0.3, -0.25) is 28.8 Å². The maximum absolute atomic E-state index is 13.4. The van der Waals surface area contributed by atoms with E-state index < -0.39 is 0 Å². The van der Waals surface area contributed by atoms with Crippen LogP contribution in [0.25, 0.3) is 22.5 Å². The van der Waals surface area contributed by atoms with Gasteiger partial charge in [0.1, 0.15) is 23.3 Å². The summed E-state index contributed by atoms with van der Waals surface area (Å²) in [5.74, 6) is 3.96. The molecular weight excluding hydrogens is 1520 g/mol. The Labute approximate surface area is 702 Å². The lowest BCUT2D eigenvalue weighted by Gasteiger charge is -2.36. The molecule has 15 rings (SSSR count). The van der Waals surface area contributed by atoms with Gasteiger partial charge >= 0.3 is 0 Å². The van der Waals surface area contributed by atoms with Crippen LogP contribution in [0.4, 0.5) is 52.1 Å². The Morgan fingerprint density at radius 1 is 0.533 bits per heavy atom. The number of likely N-dealkylation sites (tertiary alicyclic amines) is 3. The molecule has 6 aromatic heterocycles. The largest absolute Gasteiger partial charge is 0.396 e. The first-order valence-electron chi connectivity index (χ1n) is 42.8. The number of carbonyl (C=O) groups excluding carboxylic acids is 6. The van der Waals surface area contributed by atoms with E-state index in [0.29, 0.717) is 103 Å². The van der Waals surface area contributed by atoms with E-state index >= 15 is 0 Å². The maximum atomic E-state index is 13.4. The van der Waals surface area contributed by atoms with Crippen molar-refractivity contribution in [2.75, 3.05) is 127 Å². The standard InChI is InChI=1S/C31H42N8O2.C30H40N8O3.C28H36N8O2/c1-5-21-19-32-39-28(18-27(36-30(21)39)33-23-13-15-26(16-14-23)37(3)4)34-25-8-7-17-38(20-25)31(41)22-9-11-24(12-10-22)35-29(40)6-2;1-4-25(40)32-22-12-10-21(11-13-22)29(41)36-15-7-8-23(18-36)33-27-26-28(38(19-31-26)20(2)3)35-30(34-27)37-16-6-5-9-24(37)14-17-39;1-3-19-16-30-36-25(15-24(33-27(19)36)34-13-5-7-21(29)17-34)31-23-8-6-14-35(18-23)28(38)20-9-11-22(12-10-20)32-26(37)4-2/h6,9-12,18-19,23,25-26,34H,2,5,7-8,13-17,20H2,1,3-4H3,(H,33,36)(H,35,40);4,10-13,19-20,23-24,39H,1,5-9,14-18H2,2-3H3,(H,32,40)(H,33,34,35);4,9-12,15-16,21,23,31H,2-3,5-8,13-14,17-18,29H2,1H3,(H,32,37). The number of aryl methyl sites for hydroxylation is 2. The summed E-state index contributed by atoms with van der Waals surface area (Å²) in [6.07, 6.45) is 27.0. The summed E-state index contributed by atoms with van der Waals surface area (Å²) >= 11 is 0. The fraction of sp³-hybridized carbons (Fsp3) is 0.472. The summed E-state index contributed by atoms with van der Waals surface area (Å²) in [6, 6.07) is 26.8. The molecule has 31 heteroatoms. The predicted octanol–water partition coefficient (Wildman–Crippen LogP) is 11.5. The second-order valence-electron chi connectivity index (χ2n) is 32.7. The number of carbonyl (C=O) groups is 6. The monoisotopic (exact) mass is 1630 g/mol. The van der Waals surface area contributed by atoms with Gasteiger partial charge in [-0.15, -0.1) is 0 Å². The first-order valence-corrected chi connectivity index (χ1v) is 42.8. The number of rotatable bonds is 25. The van der Waals surface area contributed by atoms with Crippen LogP contribution in [-0.4, -0.2) is 231 Å². The minimum atomic E-state index is -0.293. The third-order valence-electron chi connectivity index (χ3n) is 23.6. The molecular formula is C89H118N24O7. The Kier molecular flexibility index (Phi) is 28.9. The molecule has 9 aromatic rings. The number of fused-ring (bicyclic) bond motifs is 3. The molecule has 6 amide bonds. The Hall–Kier alpha value is -11.8. The van der Waals surface area contributed by atoms with Crippen LogP contribution in [-0.2, 0) is 27.2 Å². The van der Waals surface area contributed by atoms with E-state index in [1.165, 1.54) is 31.1 Å². The van der Waals surface area contributed by atoms with Crippen LogP contribution in [0.2, 0.25) is 0 Å². The van der Waals surface area contributed by atoms with Crippen molar-refractivity contribution in [3.63, 3.8) is 0 Å². The van der Waals surface area contributed by atoms with E-state index in [1.807, 2.05) is 42.5 Å². The molecule has 0 spiro atoms. The number of amides is 6. The molecule has 5 atom stereocenters. The van der Waals surface area contributed by atoms with Crippen LogP contribution in [0.3, 0.4) is 0 Å². The number of benzene rings is 3. The number of nitrogens with two attached hydrogens (primary N) is 1. The minimum Gasteiger partial charge on any atom is -0.396 e. The third-order valence-corrected chi connectivity index (χ3v) is 23.6. The first-order chi connectivity index (χ1) is 58.2. The molecule has 1 saturated carbocycles. The van der Waals surface area contributed by atoms with E-state index in [1.54, 1.807) is 72.8 Å². The maximum Gasteiger partial charge on any atom is 0.253 e. The van der Waals surface area contributed by atoms with Gasteiger partial charge in [0.15, 0.2) is 28.3 Å². The number of imidazole rings is 1. The average Bonchev–Trinajstić information content (AvgIpc) is 1.61. The highest BCUT2D eigenvalue weighted by molar-refractivity contribution is 6.02. The topological polar surface area (TPSA) is 356 Å². The van der Waals surface area contributed by atoms with E-state index in [-0.39, 0.29) is 78.3 Å². The number of piperidine rings is 5. The summed E-state index contributed by atoms with van der Waals surface area (Å²) in [7, 11) is 4.33. The number of hydrogen-bond acceptors (Lipinski definition) is 22. The molecule has 6 fully saturated rings. The summed E-state index contributed by atoms with van der Waals surface area (Å²) in [4.78, 5) is 112. The molecule has 0 bridgehead atoms. The van der Waals surface area contributed by atoms with Gasteiger partial charge in [-0.1, -0.05) is 33.6 Å². The molecule has 3 aromatic carbocycles. The van der Waals surface area contributed by atoms with Crippen LogP contribution < -0.4 is 52.8 Å². The number of nitrogens with zero attached hydrogens (tertiary/aromatic N) is 16. The van der Waals surface area contributed by atoms with Crippen molar-refractivity contribution in [1.82, 2.24) is 68.3 Å². The lowest BCUT2D eigenvalue weighted by Crippen LogP contribution is -2.45. The zero-order chi connectivity index (χ0) is 84.5. The van der Waals surface area contributed by atoms with E-state index in [0.717, 1.165) is 173 Å². The van der Waals surface area contributed by atoms with Crippen molar-refractivity contribution < 1.29 is 33.9 Å². The van der Waals surface area contributed by atoms with Crippen molar-refractivity contribution in [3.8, 4) is 0 Å². The van der Waals surface area contributed by atoms with Crippen LogP contribution in [0.5, 0.6) is 0 Å². The molecule has 5 saturated heterocycles. The number of aliphatic hydroxyl groups excluding tert-OH is 1. The lowest BCUT2D eigenvalue weighted by atomic mass is 9.90. The molecule has 11 heterocycles. The Morgan fingerprint density at radius 2 is 1.02 bits per heavy atom. The highest BCUT2D eigenvalue weighted by atomic mass is 16.3. The molecule has 6 aliphatic rings. The SMILES string of the molecule is C=CC(=O)Nc1ccc(C(=O)N2CCCC(Nc3cc(N4CCCC(N)C4)nc4c(CC)cnn34)C2)cc1.C=CC(=O)Nc1ccc(C(=O)N2CCCC(Nc3cc(NC4CCC(N(C)C)CC4)nc4c(CC)cnn34)C2)cc1.C=CC(=O)Nc1ccc(C(=O)N2CCCC(Nc3nc(N4CCCCC4CCO)nc4c3ncn4C(C)C)C2)cc1. The van der Waals surface area contributed by atoms with E-state index in [4.69, 9.17) is 25.7 Å². The summed E-state index contributed by atoms with van der Waals surface area (Å²) in [6.45, 7) is 25.4. The number of aromatic nitrogens is 10. The van der Waals surface area contributed by atoms with Gasteiger partial charge < -0.3 is 82.0 Å². The Bertz CT molecular complexity index is 5070. The fourth-order valence-electron chi connectivity index (χ4n) is 17.0. The lowest BCUT2D eigenvalue weighted by molar-refractivity contribution is -0.112. The van der Waals surface area contributed by atoms with E-state index in [2.05, 4.69) is 145 Å². The van der Waals surface area contributed by atoms with Gasteiger partial charge in [0.25, 0.3) is 17.7 Å². The predicted molar refractivity (Wildman–Crippen MR) is 473 cm³/mol. The van der Waals surface area contributed by atoms with Gasteiger partial charge in [-0.2, -0.15) is 29.2 Å². The normalized spacial score (nSPS) is 20.1.